The number of aromatic nitrogens is 2. The van der Waals surface area contributed by atoms with Crippen LogP contribution >= 0.6 is 0 Å². The molecule has 0 radical (unpaired) electrons. The highest BCUT2D eigenvalue weighted by Gasteiger charge is 2.19. The Morgan fingerprint density at radius 1 is 1.27 bits per heavy atom. The number of benzene rings is 1. The SMILES string of the molecule is CCCNC(=O)c1ncc2c(-c3cnccc3OC)c(F)ccc2c1N. The molecular weight excluding hydrogens is 335 g/mol. The van der Waals surface area contributed by atoms with E-state index in [0.29, 0.717) is 28.6 Å². The average molecular weight is 354 g/mol. The number of amides is 1. The van der Waals surface area contributed by atoms with Crippen molar-refractivity contribution in [3.63, 3.8) is 0 Å². The molecule has 0 saturated heterocycles. The molecule has 26 heavy (non-hydrogen) atoms. The number of anilines is 1. The maximum Gasteiger partial charge on any atom is 0.272 e. The molecule has 0 spiro atoms. The number of halogens is 1. The summed E-state index contributed by atoms with van der Waals surface area (Å²) in [6.07, 6.45) is 5.34. The van der Waals surface area contributed by atoms with Crippen molar-refractivity contribution in [2.24, 2.45) is 0 Å². The quantitative estimate of drug-likeness (QED) is 0.734. The van der Waals surface area contributed by atoms with E-state index in [1.54, 1.807) is 18.3 Å². The fourth-order valence-electron chi connectivity index (χ4n) is 2.81. The number of ether oxygens (including phenoxy) is 1. The lowest BCUT2D eigenvalue weighted by atomic mass is 9.98. The molecule has 0 aliphatic heterocycles. The number of rotatable bonds is 5. The smallest absolute Gasteiger partial charge is 0.272 e. The predicted molar refractivity (Wildman–Crippen MR) is 98.5 cm³/mol. The monoisotopic (exact) mass is 354 g/mol. The molecule has 7 heteroatoms. The van der Waals surface area contributed by atoms with Gasteiger partial charge in [0.1, 0.15) is 11.6 Å². The van der Waals surface area contributed by atoms with Gasteiger partial charge in [0.25, 0.3) is 5.91 Å². The molecule has 3 N–H and O–H groups in total. The van der Waals surface area contributed by atoms with E-state index in [-0.39, 0.29) is 22.9 Å². The Morgan fingerprint density at radius 3 is 2.81 bits per heavy atom. The van der Waals surface area contributed by atoms with E-state index in [9.17, 15) is 9.18 Å². The Hall–Kier alpha value is -3.22. The highest BCUT2D eigenvalue weighted by molar-refractivity contribution is 6.09. The molecule has 0 aliphatic rings. The highest BCUT2D eigenvalue weighted by Crippen LogP contribution is 2.38. The number of hydrogen-bond donors (Lipinski definition) is 2. The first-order valence-corrected chi connectivity index (χ1v) is 8.21. The Morgan fingerprint density at radius 2 is 2.08 bits per heavy atom. The molecule has 0 aliphatic carbocycles. The van der Waals surface area contributed by atoms with Gasteiger partial charge in [0.05, 0.1) is 12.8 Å². The van der Waals surface area contributed by atoms with Gasteiger partial charge in [-0.1, -0.05) is 6.92 Å². The van der Waals surface area contributed by atoms with Crippen LogP contribution in [0.3, 0.4) is 0 Å². The van der Waals surface area contributed by atoms with Gasteiger partial charge in [0, 0.05) is 47.0 Å². The van der Waals surface area contributed by atoms with E-state index in [0.717, 1.165) is 6.42 Å². The molecule has 2 heterocycles. The fraction of sp³-hybridized carbons (Fsp3) is 0.211. The Labute approximate surface area is 150 Å². The number of pyridine rings is 2. The summed E-state index contributed by atoms with van der Waals surface area (Å²) in [5.41, 5.74) is 7.27. The van der Waals surface area contributed by atoms with Crippen LogP contribution in [0.1, 0.15) is 23.8 Å². The van der Waals surface area contributed by atoms with E-state index in [1.807, 2.05) is 6.92 Å². The van der Waals surface area contributed by atoms with Crippen LogP contribution in [-0.4, -0.2) is 29.5 Å². The van der Waals surface area contributed by atoms with Crippen molar-refractivity contribution >= 4 is 22.4 Å². The van der Waals surface area contributed by atoms with Crippen LogP contribution in [0, 0.1) is 5.82 Å². The minimum Gasteiger partial charge on any atom is -0.496 e. The van der Waals surface area contributed by atoms with E-state index in [2.05, 4.69) is 15.3 Å². The molecule has 0 fully saturated rings. The minimum atomic E-state index is -0.451. The van der Waals surface area contributed by atoms with Crippen LogP contribution in [0.5, 0.6) is 5.75 Å². The molecule has 1 amide bonds. The highest BCUT2D eigenvalue weighted by atomic mass is 19.1. The summed E-state index contributed by atoms with van der Waals surface area (Å²) in [5, 5.41) is 3.78. The first-order chi connectivity index (χ1) is 12.6. The van der Waals surface area contributed by atoms with Gasteiger partial charge in [-0.2, -0.15) is 0 Å². The molecule has 3 aromatic rings. The number of fused-ring (bicyclic) bond motifs is 1. The summed E-state index contributed by atoms with van der Waals surface area (Å²) >= 11 is 0. The third kappa shape index (κ3) is 3.03. The Kier molecular flexibility index (Phi) is 4.97. The molecule has 0 atom stereocenters. The van der Waals surface area contributed by atoms with Gasteiger partial charge < -0.3 is 15.8 Å². The fourth-order valence-corrected chi connectivity index (χ4v) is 2.81. The lowest BCUT2D eigenvalue weighted by molar-refractivity contribution is 0.0950. The van der Waals surface area contributed by atoms with Crippen LogP contribution < -0.4 is 15.8 Å². The molecule has 0 bridgehead atoms. The van der Waals surface area contributed by atoms with Gasteiger partial charge in [-0.15, -0.1) is 0 Å². The van der Waals surface area contributed by atoms with Crippen molar-refractivity contribution in [3.05, 3.63) is 48.3 Å². The first-order valence-electron chi connectivity index (χ1n) is 8.21. The van der Waals surface area contributed by atoms with Crippen molar-refractivity contribution < 1.29 is 13.9 Å². The minimum absolute atomic E-state index is 0.127. The van der Waals surface area contributed by atoms with E-state index in [1.165, 1.54) is 25.6 Å². The summed E-state index contributed by atoms with van der Waals surface area (Å²) in [7, 11) is 1.50. The Bertz CT molecular complexity index is 975. The summed E-state index contributed by atoms with van der Waals surface area (Å²) < 4.78 is 20.0. The number of nitrogens with one attached hydrogen (secondary N) is 1. The van der Waals surface area contributed by atoms with Gasteiger partial charge in [0.2, 0.25) is 0 Å². The molecule has 134 valence electrons. The van der Waals surface area contributed by atoms with Crippen molar-refractivity contribution in [1.29, 1.82) is 0 Å². The number of nitrogens with zero attached hydrogens (tertiary/aromatic N) is 2. The number of nitrogens with two attached hydrogens (primary N) is 1. The summed E-state index contributed by atoms with van der Waals surface area (Å²) in [4.78, 5) is 20.5. The lowest BCUT2D eigenvalue weighted by Gasteiger charge is -2.14. The standard InChI is InChI=1S/C19H19FN4O2/c1-3-7-23-19(25)18-17(21)11-4-5-14(20)16(12(11)10-24-18)13-9-22-8-6-15(13)26-2/h4-6,8-10H,3,7,21H2,1-2H3,(H,23,25). The zero-order valence-electron chi connectivity index (χ0n) is 14.5. The number of methoxy groups -OCH3 is 1. The second kappa shape index (κ2) is 7.35. The molecular formula is C19H19FN4O2. The van der Waals surface area contributed by atoms with Crippen LogP contribution in [0.4, 0.5) is 10.1 Å². The van der Waals surface area contributed by atoms with Gasteiger partial charge in [0.15, 0.2) is 5.69 Å². The molecule has 0 unspecified atom stereocenters. The van der Waals surface area contributed by atoms with Crippen LogP contribution in [0.25, 0.3) is 21.9 Å². The summed E-state index contributed by atoms with van der Waals surface area (Å²) in [6, 6.07) is 4.51. The van der Waals surface area contributed by atoms with Crippen molar-refractivity contribution in [2.45, 2.75) is 13.3 Å². The van der Waals surface area contributed by atoms with Crippen molar-refractivity contribution in [1.82, 2.24) is 15.3 Å². The van der Waals surface area contributed by atoms with Crippen LogP contribution in [0.15, 0.2) is 36.8 Å². The number of carbonyl (C=O) groups is 1. The summed E-state index contributed by atoms with van der Waals surface area (Å²) in [6.45, 7) is 2.48. The molecule has 0 saturated carbocycles. The second-order valence-electron chi connectivity index (χ2n) is 5.74. The van der Waals surface area contributed by atoms with Gasteiger partial charge in [-0.05, 0) is 24.6 Å². The van der Waals surface area contributed by atoms with Crippen molar-refractivity contribution in [3.8, 4) is 16.9 Å². The third-order valence-electron chi connectivity index (χ3n) is 4.08. The van der Waals surface area contributed by atoms with E-state index >= 15 is 0 Å². The normalized spacial score (nSPS) is 10.7. The van der Waals surface area contributed by atoms with E-state index < -0.39 is 5.82 Å². The van der Waals surface area contributed by atoms with Gasteiger partial charge in [-0.25, -0.2) is 9.37 Å². The third-order valence-corrected chi connectivity index (χ3v) is 4.08. The lowest BCUT2D eigenvalue weighted by Crippen LogP contribution is -2.26. The first kappa shape index (κ1) is 17.6. The zero-order chi connectivity index (χ0) is 18.7. The zero-order valence-corrected chi connectivity index (χ0v) is 14.5. The van der Waals surface area contributed by atoms with Crippen molar-refractivity contribution in [2.75, 3.05) is 19.4 Å². The maximum absolute atomic E-state index is 14.6. The molecule has 2 aromatic heterocycles. The number of nitrogen functional groups attached to an aromatic ring is 1. The molecule has 6 nitrogen and oxygen atoms in total. The van der Waals surface area contributed by atoms with E-state index in [4.69, 9.17) is 10.5 Å². The summed E-state index contributed by atoms with van der Waals surface area (Å²) in [5.74, 6) is -0.320. The maximum atomic E-state index is 14.6. The van der Waals surface area contributed by atoms with Crippen LogP contribution in [0.2, 0.25) is 0 Å². The largest absolute Gasteiger partial charge is 0.496 e. The van der Waals surface area contributed by atoms with Gasteiger partial charge >= 0.3 is 0 Å². The predicted octanol–water partition coefficient (Wildman–Crippen LogP) is 3.17. The topological polar surface area (TPSA) is 90.1 Å². The average Bonchev–Trinajstić information content (AvgIpc) is 2.66. The van der Waals surface area contributed by atoms with Gasteiger partial charge in [-0.3, -0.25) is 9.78 Å². The number of hydrogen-bond acceptors (Lipinski definition) is 5. The molecule has 1 aromatic carbocycles. The molecule has 3 rings (SSSR count). The second-order valence-corrected chi connectivity index (χ2v) is 5.74. The van der Waals surface area contributed by atoms with Crippen LogP contribution in [-0.2, 0) is 0 Å². The number of carbonyl (C=O) groups excluding carboxylic acids is 1. The Balaban J connectivity index is 2.22.